The van der Waals surface area contributed by atoms with E-state index >= 15 is 0 Å². The molecular weight excluding hydrogens is 352 g/mol. The summed E-state index contributed by atoms with van der Waals surface area (Å²) in [4.78, 5) is 0. The van der Waals surface area contributed by atoms with Gasteiger partial charge < -0.3 is 5.11 Å². The average Bonchev–Trinajstić information content (AvgIpc) is 2.96. The third-order valence-electron chi connectivity index (χ3n) is 3.67. The zero-order valence-electron chi connectivity index (χ0n) is 13.9. The number of hydrogen-bond donors (Lipinski definition) is 2. The lowest BCUT2D eigenvalue weighted by atomic mass is 10.1. The molecule has 5 nitrogen and oxygen atoms in total. The van der Waals surface area contributed by atoms with E-state index in [-0.39, 0.29) is 0 Å². The van der Waals surface area contributed by atoms with E-state index < -0.39 is 0 Å². The molecule has 0 saturated heterocycles. The van der Waals surface area contributed by atoms with Crippen LogP contribution >= 0.6 is 24.0 Å². The number of hydrogen-bond acceptors (Lipinski definition) is 5. The molecule has 0 atom stereocenters. The second-order valence-corrected chi connectivity index (χ2v) is 6.97. The highest BCUT2D eigenvalue weighted by Gasteiger charge is 2.07. The molecular formula is C18H18N4OS2. The van der Waals surface area contributed by atoms with Crippen molar-refractivity contribution in [1.29, 1.82) is 0 Å². The van der Waals surface area contributed by atoms with Crippen LogP contribution in [0, 0.1) is 18.6 Å². The number of benzene rings is 2. The Morgan fingerprint density at radius 3 is 2.60 bits per heavy atom. The predicted octanol–water partition coefficient (Wildman–Crippen LogP) is 4.44. The van der Waals surface area contributed by atoms with Crippen molar-refractivity contribution in [3.63, 3.8) is 0 Å². The van der Waals surface area contributed by atoms with E-state index in [0.717, 1.165) is 22.4 Å². The summed E-state index contributed by atoms with van der Waals surface area (Å²) < 4.78 is 2.06. The zero-order chi connectivity index (χ0) is 17.8. The Kier molecular flexibility index (Phi) is 5.35. The minimum absolute atomic E-state index is 0.316. The Balaban J connectivity index is 1.81. The summed E-state index contributed by atoms with van der Waals surface area (Å²) in [5.74, 6) is 1.10. The van der Waals surface area contributed by atoms with Gasteiger partial charge in [-0.1, -0.05) is 42.1 Å². The quantitative estimate of drug-likeness (QED) is 0.396. The lowest BCUT2D eigenvalue weighted by molar-refractivity contribution is 0.467. The van der Waals surface area contributed by atoms with Gasteiger partial charge in [-0.05, 0) is 60.5 Å². The van der Waals surface area contributed by atoms with E-state index in [1.807, 2.05) is 44.2 Å². The SMILES string of the molecule is Cc1cc(/C=N/n2c(SCc3ccccc3)n[nH]c2=S)cc(C)c1O. The largest absolute Gasteiger partial charge is 0.507 e. The molecule has 0 aliphatic carbocycles. The number of nitrogens with zero attached hydrogens (tertiary/aromatic N) is 3. The molecule has 0 aliphatic rings. The second kappa shape index (κ2) is 7.67. The van der Waals surface area contributed by atoms with E-state index in [1.165, 1.54) is 5.56 Å². The van der Waals surface area contributed by atoms with Crippen LogP contribution in [-0.2, 0) is 5.75 Å². The van der Waals surface area contributed by atoms with E-state index in [4.69, 9.17) is 12.2 Å². The minimum atomic E-state index is 0.316. The molecule has 1 aromatic heterocycles. The Labute approximate surface area is 155 Å². The van der Waals surface area contributed by atoms with Gasteiger partial charge in [0.1, 0.15) is 5.75 Å². The molecule has 2 N–H and O–H groups in total. The van der Waals surface area contributed by atoms with Gasteiger partial charge >= 0.3 is 0 Å². The number of phenols is 1. The Hall–Kier alpha value is -2.38. The fourth-order valence-corrected chi connectivity index (χ4v) is 3.48. The molecule has 0 aliphatic heterocycles. The maximum absolute atomic E-state index is 9.86. The van der Waals surface area contributed by atoms with E-state index in [9.17, 15) is 5.11 Å². The van der Waals surface area contributed by atoms with Crippen LogP contribution in [0.1, 0.15) is 22.3 Å². The minimum Gasteiger partial charge on any atom is -0.507 e. The number of aryl methyl sites for hydroxylation is 2. The lowest BCUT2D eigenvalue weighted by Gasteiger charge is -2.05. The van der Waals surface area contributed by atoms with Crippen molar-refractivity contribution in [2.24, 2.45) is 5.10 Å². The number of aromatic amines is 1. The maximum atomic E-state index is 9.86. The maximum Gasteiger partial charge on any atom is 0.217 e. The summed E-state index contributed by atoms with van der Waals surface area (Å²) in [7, 11) is 0. The molecule has 0 saturated carbocycles. The highest BCUT2D eigenvalue weighted by molar-refractivity contribution is 7.98. The molecule has 128 valence electrons. The van der Waals surface area contributed by atoms with Crippen LogP contribution in [0.15, 0.2) is 52.7 Å². The molecule has 1 heterocycles. The third kappa shape index (κ3) is 4.18. The molecule has 0 radical (unpaired) electrons. The molecule has 2 aromatic carbocycles. The normalized spacial score (nSPS) is 11.3. The van der Waals surface area contributed by atoms with Gasteiger partial charge in [-0.15, -0.1) is 5.10 Å². The Morgan fingerprint density at radius 1 is 1.24 bits per heavy atom. The fourth-order valence-electron chi connectivity index (χ4n) is 2.38. The second-order valence-electron chi connectivity index (χ2n) is 5.65. The van der Waals surface area contributed by atoms with Gasteiger partial charge in [0.25, 0.3) is 0 Å². The number of thioether (sulfide) groups is 1. The van der Waals surface area contributed by atoms with Crippen molar-refractivity contribution in [3.05, 3.63) is 69.5 Å². The van der Waals surface area contributed by atoms with Gasteiger partial charge in [0.15, 0.2) is 0 Å². The fraction of sp³-hybridized carbons (Fsp3) is 0.167. The standard InChI is InChI=1S/C18H18N4OS2/c1-12-8-15(9-13(2)16(12)23)10-19-22-17(24)20-21-18(22)25-11-14-6-4-3-5-7-14/h3-10,23H,11H2,1-2H3,(H,20,24)/b19-10+. The summed E-state index contributed by atoms with van der Waals surface area (Å²) in [6.45, 7) is 3.73. The van der Waals surface area contributed by atoms with Gasteiger partial charge in [0, 0.05) is 5.75 Å². The van der Waals surface area contributed by atoms with Crippen LogP contribution in [0.2, 0.25) is 0 Å². The van der Waals surface area contributed by atoms with Gasteiger partial charge in [-0.3, -0.25) is 0 Å². The molecule has 25 heavy (non-hydrogen) atoms. The first-order valence-corrected chi connectivity index (χ1v) is 9.12. The number of phenolic OH excluding ortho intramolecular Hbond substituents is 1. The smallest absolute Gasteiger partial charge is 0.217 e. The zero-order valence-corrected chi connectivity index (χ0v) is 15.6. The number of aromatic hydroxyl groups is 1. The van der Waals surface area contributed by atoms with Crippen LogP contribution in [0.3, 0.4) is 0 Å². The lowest BCUT2D eigenvalue weighted by Crippen LogP contribution is -1.95. The first kappa shape index (κ1) is 17.4. The van der Waals surface area contributed by atoms with Crippen LogP contribution < -0.4 is 0 Å². The van der Waals surface area contributed by atoms with E-state index in [0.29, 0.717) is 15.7 Å². The average molecular weight is 371 g/mol. The van der Waals surface area contributed by atoms with Crippen molar-refractivity contribution < 1.29 is 5.11 Å². The molecule has 3 rings (SSSR count). The van der Waals surface area contributed by atoms with Crippen molar-refractivity contribution in [2.45, 2.75) is 24.8 Å². The molecule has 0 spiro atoms. The molecule has 0 bridgehead atoms. The van der Waals surface area contributed by atoms with Crippen molar-refractivity contribution >= 4 is 30.2 Å². The molecule has 7 heteroatoms. The van der Waals surface area contributed by atoms with Crippen LogP contribution in [0.5, 0.6) is 5.75 Å². The first-order chi connectivity index (χ1) is 12.0. The predicted molar refractivity (Wildman–Crippen MR) is 104 cm³/mol. The molecule has 0 amide bonds. The molecule has 0 unspecified atom stereocenters. The van der Waals surface area contributed by atoms with Gasteiger partial charge in [0.05, 0.1) is 6.21 Å². The number of nitrogens with one attached hydrogen (secondary N) is 1. The van der Waals surface area contributed by atoms with Gasteiger partial charge in [-0.25, -0.2) is 5.10 Å². The number of rotatable bonds is 5. The molecule has 3 aromatic rings. The van der Waals surface area contributed by atoms with Crippen LogP contribution in [0.4, 0.5) is 0 Å². The summed E-state index contributed by atoms with van der Waals surface area (Å²) in [5, 5.41) is 22.1. The summed E-state index contributed by atoms with van der Waals surface area (Å²) in [6, 6.07) is 13.9. The van der Waals surface area contributed by atoms with Crippen molar-refractivity contribution in [2.75, 3.05) is 0 Å². The van der Waals surface area contributed by atoms with E-state index in [1.54, 1.807) is 22.7 Å². The first-order valence-electron chi connectivity index (χ1n) is 7.73. The van der Waals surface area contributed by atoms with Gasteiger partial charge in [0.2, 0.25) is 9.93 Å². The van der Waals surface area contributed by atoms with Crippen LogP contribution in [0.25, 0.3) is 0 Å². The molecule has 0 fully saturated rings. The van der Waals surface area contributed by atoms with E-state index in [2.05, 4.69) is 27.4 Å². The number of aromatic nitrogens is 3. The Bertz CT molecular complexity index is 938. The highest BCUT2D eigenvalue weighted by atomic mass is 32.2. The van der Waals surface area contributed by atoms with Crippen molar-refractivity contribution in [3.8, 4) is 5.75 Å². The summed E-state index contributed by atoms with van der Waals surface area (Å²) in [5.41, 5.74) is 3.74. The Morgan fingerprint density at radius 2 is 1.92 bits per heavy atom. The summed E-state index contributed by atoms with van der Waals surface area (Å²) in [6.07, 6.45) is 1.72. The van der Waals surface area contributed by atoms with Gasteiger partial charge in [-0.2, -0.15) is 9.78 Å². The summed E-state index contributed by atoms with van der Waals surface area (Å²) >= 11 is 6.83. The topological polar surface area (TPSA) is 66.2 Å². The van der Waals surface area contributed by atoms with Crippen LogP contribution in [-0.4, -0.2) is 26.2 Å². The highest BCUT2D eigenvalue weighted by Crippen LogP contribution is 2.23. The third-order valence-corrected chi connectivity index (χ3v) is 4.93. The van der Waals surface area contributed by atoms with Crippen molar-refractivity contribution in [1.82, 2.24) is 14.9 Å². The monoisotopic (exact) mass is 370 g/mol. The number of H-pyrrole nitrogens is 1.